The lowest BCUT2D eigenvalue weighted by atomic mass is 10.0. The Labute approximate surface area is 164 Å². The fourth-order valence-electron chi connectivity index (χ4n) is 3.73. The van der Waals surface area contributed by atoms with Crippen LogP contribution in [-0.2, 0) is 6.61 Å². The van der Waals surface area contributed by atoms with Crippen LogP contribution in [0.2, 0.25) is 0 Å². The smallest absolute Gasteiger partial charge is 0.258 e. The van der Waals surface area contributed by atoms with Crippen LogP contribution < -0.4 is 10.1 Å². The first-order chi connectivity index (χ1) is 13.8. The molecule has 1 saturated carbocycles. The van der Waals surface area contributed by atoms with Crippen LogP contribution in [0.15, 0.2) is 78.9 Å². The minimum atomic E-state index is -0.141. The second-order valence-corrected chi connectivity index (χ2v) is 7.38. The second kappa shape index (κ2) is 7.04. The number of nitrogens with one attached hydrogen (secondary N) is 1. The predicted molar refractivity (Wildman–Crippen MR) is 109 cm³/mol. The maximum atomic E-state index is 13.1. The summed E-state index contributed by atoms with van der Waals surface area (Å²) in [5, 5.41) is 3.56. The van der Waals surface area contributed by atoms with E-state index in [1.54, 1.807) is 0 Å². The van der Waals surface area contributed by atoms with Crippen LogP contribution in [0.4, 0.5) is 5.69 Å². The van der Waals surface area contributed by atoms with Gasteiger partial charge < -0.3 is 15.0 Å². The molecule has 3 aromatic rings. The van der Waals surface area contributed by atoms with Crippen molar-refractivity contribution >= 4 is 11.6 Å². The van der Waals surface area contributed by atoms with Crippen molar-refractivity contribution in [1.29, 1.82) is 0 Å². The Bertz CT molecular complexity index is 981. The summed E-state index contributed by atoms with van der Waals surface area (Å²) in [5.41, 5.74) is 3.87. The monoisotopic (exact) mass is 370 g/mol. The van der Waals surface area contributed by atoms with Gasteiger partial charge >= 0.3 is 0 Å². The van der Waals surface area contributed by atoms with Crippen LogP contribution in [-0.4, -0.2) is 16.8 Å². The molecule has 4 nitrogen and oxygen atoms in total. The molecule has 1 atom stereocenters. The molecule has 2 aliphatic rings. The molecule has 3 aromatic carbocycles. The highest BCUT2D eigenvalue weighted by Gasteiger charge is 2.41. The molecule has 1 amide bonds. The van der Waals surface area contributed by atoms with Gasteiger partial charge in [0.15, 0.2) is 0 Å². The normalized spacial score (nSPS) is 18.4. The zero-order valence-electron chi connectivity index (χ0n) is 15.5. The number of anilines is 1. The van der Waals surface area contributed by atoms with Gasteiger partial charge in [0.25, 0.3) is 5.91 Å². The summed E-state index contributed by atoms with van der Waals surface area (Å²) >= 11 is 0. The van der Waals surface area contributed by atoms with Gasteiger partial charge in [-0.2, -0.15) is 0 Å². The fraction of sp³-hybridized carbons (Fsp3) is 0.208. The predicted octanol–water partition coefficient (Wildman–Crippen LogP) is 4.99. The van der Waals surface area contributed by atoms with Crippen molar-refractivity contribution in [3.63, 3.8) is 0 Å². The minimum absolute atomic E-state index is 0.117. The Hall–Kier alpha value is -3.27. The van der Waals surface area contributed by atoms with Gasteiger partial charge in [-0.25, -0.2) is 0 Å². The van der Waals surface area contributed by atoms with Gasteiger partial charge in [-0.15, -0.1) is 0 Å². The molecule has 28 heavy (non-hydrogen) atoms. The van der Waals surface area contributed by atoms with E-state index < -0.39 is 0 Å². The molecule has 0 saturated heterocycles. The van der Waals surface area contributed by atoms with Gasteiger partial charge in [0, 0.05) is 11.7 Å². The van der Waals surface area contributed by atoms with Gasteiger partial charge in [0.1, 0.15) is 18.5 Å². The summed E-state index contributed by atoms with van der Waals surface area (Å²) < 4.78 is 5.90. The average Bonchev–Trinajstić information content (AvgIpc) is 3.58. The average molecular weight is 370 g/mol. The number of para-hydroxylation sites is 1. The topological polar surface area (TPSA) is 41.6 Å². The van der Waals surface area contributed by atoms with Crippen LogP contribution in [0.3, 0.4) is 0 Å². The highest BCUT2D eigenvalue weighted by atomic mass is 16.5. The van der Waals surface area contributed by atoms with E-state index >= 15 is 0 Å². The molecule has 0 radical (unpaired) electrons. The zero-order chi connectivity index (χ0) is 18.9. The Balaban J connectivity index is 1.37. The Morgan fingerprint density at radius 1 is 0.893 bits per heavy atom. The van der Waals surface area contributed by atoms with Crippen LogP contribution in [0, 0.1) is 0 Å². The summed E-state index contributed by atoms with van der Waals surface area (Å²) in [4.78, 5) is 15.1. The summed E-state index contributed by atoms with van der Waals surface area (Å²) in [6.45, 7) is 0.544. The highest BCUT2D eigenvalue weighted by molar-refractivity contribution is 6.02. The number of carbonyl (C=O) groups is 1. The van der Waals surface area contributed by atoms with Crippen LogP contribution >= 0.6 is 0 Å². The molecule has 0 bridgehead atoms. The first-order valence-electron chi connectivity index (χ1n) is 9.74. The molecule has 0 unspecified atom stereocenters. The van der Waals surface area contributed by atoms with E-state index in [0.29, 0.717) is 12.6 Å². The molecule has 1 aliphatic carbocycles. The Kier molecular flexibility index (Phi) is 4.24. The quantitative estimate of drug-likeness (QED) is 0.688. The highest BCUT2D eigenvalue weighted by Crippen LogP contribution is 2.40. The molecule has 0 aromatic heterocycles. The summed E-state index contributed by atoms with van der Waals surface area (Å²) in [6.07, 6.45) is 2.01. The molecule has 140 valence electrons. The summed E-state index contributed by atoms with van der Waals surface area (Å²) in [7, 11) is 0. The molecule has 0 spiro atoms. The number of fused-ring (bicyclic) bond motifs is 1. The molecular weight excluding hydrogens is 348 g/mol. The largest absolute Gasteiger partial charge is 0.489 e. The summed E-state index contributed by atoms with van der Waals surface area (Å²) in [6, 6.07) is 26.3. The number of hydrogen-bond donors (Lipinski definition) is 1. The van der Waals surface area contributed by atoms with E-state index in [1.807, 2.05) is 59.5 Å². The maximum absolute atomic E-state index is 13.1. The van der Waals surface area contributed by atoms with E-state index in [4.69, 9.17) is 4.74 Å². The van der Waals surface area contributed by atoms with Crippen molar-refractivity contribution in [3.05, 3.63) is 95.6 Å². The minimum Gasteiger partial charge on any atom is -0.489 e. The third kappa shape index (κ3) is 3.22. The number of rotatable bonds is 5. The Morgan fingerprint density at radius 3 is 2.36 bits per heavy atom. The first-order valence-corrected chi connectivity index (χ1v) is 9.74. The molecule has 1 fully saturated rings. The number of ether oxygens (including phenoxy) is 1. The zero-order valence-corrected chi connectivity index (χ0v) is 15.5. The number of nitrogens with zero attached hydrogens (tertiary/aromatic N) is 1. The lowest BCUT2D eigenvalue weighted by Gasteiger charge is -2.38. The second-order valence-electron chi connectivity index (χ2n) is 7.38. The molecular formula is C24H22N2O2. The van der Waals surface area contributed by atoms with Gasteiger partial charge in [0.05, 0.1) is 5.56 Å². The van der Waals surface area contributed by atoms with Crippen molar-refractivity contribution in [2.75, 3.05) is 5.32 Å². The van der Waals surface area contributed by atoms with Gasteiger partial charge in [-0.05, 0) is 48.2 Å². The lowest BCUT2D eigenvalue weighted by Crippen LogP contribution is -2.44. The van der Waals surface area contributed by atoms with Gasteiger partial charge in [-0.1, -0.05) is 54.6 Å². The molecule has 1 N–H and O–H groups in total. The van der Waals surface area contributed by atoms with E-state index in [0.717, 1.165) is 41.0 Å². The standard InChI is InChI=1S/C24H22N2O2/c27-24-21-8-4-5-9-22(21)25-23(26(24)19-12-13-19)18-10-14-20(15-11-18)28-16-17-6-2-1-3-7-17/h1-11,14-15,19,23,25H,12-13,16H2/t23-/m1/s1. The fourth-order valence-corrected chi connectivity index (χ4v) is 3.73. The van der Waals surface area contributed by atoms with Crippen LogP contribution in [0.25, 0.3) is 0 Å². The van der Waals surface area contributed by atoms with Gasteiger partial charge in [-0.3, -0.25) is 4.79 Å². The number of hydrogen-bond acceptors (Lipinski definition) is 3. The van der Waals surface area contributed by atoms with E-state index in [-0.39, 0.29) is 12.1 Å². The van der Waals surface area contributed by atoms with E-state index in [1.165, 1.54) is 0 Å². The van der Waals surface area contributed by atoms with Crippen molar-refractivity contribution in [2.45, 2.75) is 31.7 Å². The summed E-state index contributed by atoms with van der Waals surface area (Å²) in [5.74, 6) is 0.944. The number of amides is 1. The number of carbonyl (C=O) groups excluding carboxylic acids is 1. The SMILES string of the molecule is O=C1c2ccccc2N[C@@H](c2ccc(OCc3ccccc3)cc2)N1C1CC1. The maximum Gasteiger partial charge on any atom is 0.258 e. The van der Waals surface area contributed by atoms with E-state index in [9.17, 15) is 4.79 Å². The van der Waals surface area contributed by atoms with Crippen molar-refractivity contribution in [2.24, 2.45) is 0 Å². The van der Waals surface area contributed by atoms with Crippen LogP contribution in [0.5, 0.6) is 5.75 Å². The lowest BCUT2D eigenvalue weighted by molar-refractivity contribution is 0.0666. The molecule has 1 heterocycles. The molecule has 5 rings (SSSR count). The Morgan fingerprint density at radius 2 is 1.61 bits per heavy atom. The van der Waals surface area contributed by atoms with Crippen molar-refractivity contribution in [3.8, 4) is 5.75 Å². The molecule has 4 heteroatoms. The first kappa shape index (κ1) is 16.9. The van der Waals surface area contributed by atoms with Crippen molar-refractivity contribution < 1.29 is 9.53 Å². The number of benzene rings is 3. The van der Waals surface area contributed by atoms with Crippen LogP contribution in [0.1, 0.15) is 40.5 Å². The third-order valence-electron chi connectivity index (χ3n) is 5.35. The third-order valence-corrected chi connectivity index (χ3v) is 5.35. The van der Waals surface area contributed by atoms with Crippen molar-refractivity contribution in [1.82, 2.24) is 4.90 Å². The molecule has 1 aliphatic heterocycles. The van der Waals surface area contributed by atoms with E-state index in [2.05, 4.69) is 29.6 Å². The van der Waals surface area contributed by atoms with Gasteiger partial charge in [0.2, 0.25) is 0 Å².